The number of halogens is 2. The number of rotatable bonds is 4. The lowest BCUT2D eigenvalue weighted by atomic mass is 10.2. The maximum absolute atomic E-state index is 12.3. The average Bonchev–Trinajstić information content (AvgIpc) is 3.08. The highest BCUT2D eigenvalue weighted by atomic mass is 79.9. The molecule has 0 radical (unpaired) electrons. The second-order valence-electron chi connectivity index (χ2n) is 5.00. The van der Waals surface area contributed by atoms with Gasteiger partial charge in [-0.3, -0.25) is 9.20 Å². The van der Waals surface area contributed by atoms with Gasteiger partial charge in [-0.05, 0) is 23.8 Å². The molecule has 7 heteroatoms. The van der Waals surface area contributed by atoms with Gasteiger partial charge in [-0.15, -0.1) is 11.3 Å². The Morgan fingerprint density at radius 3 is 2.91 bits per heavy atom. The van der Waals surface area contributed by atoms with Gasteiger partial charge in [0.05, 0.1) is 5.69 Å². The van der Waals surface area contributed by atoms with Crippen LogP contribution < -0.4 is 0 Å². The molecule has 3 aromatic rings. The minimum absolute atomic E-state index is 0.0887. The van der Waals surface area contributed by atoms with Crippen molar-refractivity contribution in [1.82, 2.24) is 14.3 Å². The molecule has 0 unspecified atom stereocenters. The molecule has 3 rings (SSSR count). The second kappa shape index (κ2) is 6.86. The fraction of sp³-hybridized carbons (Fsp3) is 0.125. The zero-order valence-corrected chi connectivity index (χ0v) is 15.4. The Kier molecular flexibility index (Phi) is 4.84. The molecule has 1 aromatic carbocycles. The standard InChI is InChI=1S/C16H13BrClN3OS/c1-20(10-11-2-4-12(17)5-3-11)14(22)7-6-13-15(18)19-16-21(13)8-9-23-16/h2-9H,10H2,1H3/b7-6+. The Morgan fingerprint density at radius 1 is 1.43 bits per heavy atom. The third-order valence-electron chi connectivity index (χ3n) is 3.35. The molecule has 0 aliphatic rings. The first kappa shape index (κ1) is 16.2. The number of hydrogen-bond donors (Lipinski definition) is 0. The molecule has 2 aromatic heterocycles. The van der Waals surface area contributed by atoms with Crippen molar-refractivity contribution in [1.29, 1.82) is 0 Å². The van der Waals surface area contributed by atoms with Crippen molar-refractivity contribution >= 4 is 55.8 Å². The van der Waals surface area contributed by atoms with E-state index in [1.54, 1.807) is 18.0 Å². The molecule has 2 heterocycles. The van der Waals surface area contributed by atoms with Gasteiger partial charge in [0.25, 0.3) is 0 Å². The first-order chi connectivity index (χ1) is 11.0. The molecule has 0 fully saturated rings. The largest absolute Gasteiger partial charge is 0.338 e. The minimum atomic E-state index is -0.0887. The van der Waals surface area contributed by atoms with Crippen LogP contribution in [0.4, 0.5) is 0 Å². The first-order valence-corrected chi connectivity index (χ1v) is 8.88. The van der Waals surface area contributed by atoms with Crippen LogP contribution in [0.15, 0.2) is 46.4 Å². The van der Waals surface area contributed by atoms with Crippen LogP contribution in [-0.2, 0) is 11.3 Å². The van der Waals surface area contributed by atoms with Crippen LogP contribution in [0, 0.1) is 0 Å². The van der Waals surface area contributed by atoms with Crippen molar-refractivity contribution in [3.05, 3.63) is 62.8 Å². The van der Waals surface area contributed by atoms with E-state index < -0.39 is 0 Å². The van der Waals surface area contributed by atoms with Gasteiger partial charge >= 0.3 is 0 Å². The molecular weight excluding hydrogens is 398 g/mol. The zero-order chi connectivity index (χ0) is 16.4. The summed E-state index contributed by atoms with van der Waals surface area (Å²) in [6, 6.07) is 7.90. The highest BCUT2D eigenvalue weighted by Crippen LogP contribution is 2.22. The van der Waals surface area contributed by atoms with Gasteiger partial charge in [0.1, 0.15) is 0 Å². The maximum atomic E-state index is 12.3. The van der Waals surface area contributed by atoms with Crippen molar-refractivity contribution in [2.45, 2.75) is 6.54 Å². The fourth-order valence-electron chi connectivity index (χ4n) is 2.15. The van der Waals surface area contributed by atoms with Crippen molar-refractivity contribution in [2.75, 3.05) is 7.05 Å². The minimum Gasteiger partial charge on any atom is -0.338 e. The molecule has 0 N–H and O–H groups in total. The van der Waals surface area contributed by atoms with E-state index in [0.717, 1.165) is 15.0 Å². The van der Waals surface area contributed by atoms with E-state index in [0.29, 0.717) is 17.4 Å². The van der Waals surface area contributed by atoms with Crippen molar-refractivity contribution in [2.24, 2.45) is 0 Å². The van der Waals surface area contributed by atoms with E-state index in [9.17, 15) is 4.79 Å². The Labute approximate surface area is 151 Å². The van der Waals surface area contributed by atoms with Crippen LogP contribution in [0.1, 0.15) is 11.3 Å². The number of amides is 1. The molecular formula is C16H13BrClN3OS. The number of carbonyl (C=O) groups excluding carboxylic acids is 1. The van der Waals surface area contributed by atoms with Crippen LogP contribution in [-0.4, -0.2) is 27.2 Å². The number of hydrogen-bond acceptors (Lipinski definition) is 3. The second-order valence-corrected chi connectivity index (χ2v) is 7.14. The van der Waals surface area contributed by atoms with Gasteiger partial charge in [-0.1, -0.05) is 39.7 Å². The summed E-state index contributed by atoms with van der Waals surface area (Å²) < 4.78 is 2.89. The Bertz CT molecular complexity index is 869. The highest BCUT2D eigenvalue weighted by Gasteiger charge is 2.10. The van der Waals surface area contributed by atoms with Gasteiger partial charge in [0, 0.05) is 35.7 Å². The number of likely N-dealkylation sites (N-methyl/N-ethyl adjacent to an activating group) is 1. The monoisotopic (exact) mass is 409 g/mol. The lowest BCUT2D eigenvalue weighted by molar-refractivity contribution is -0.125. The fourth-order valence-corrected chi connectivity index (χ4v) is 3.41. The van der Waals surface area contributed by atoms with Gasteiger partial charge in [-0.2, -0.15) is 0 Å². The summed E-state index contributed by atoms with van der Waals surface area (Å²) in [5.41, 5.74) is 1.79. The first-order valence-electron chi connectivity index (χ1n) is 6.83. The molecule has 0 spiro atoms. The number of thiazole rings is 1. The summed E-state index contributed by atoms with van der Waals surface area (Å²) in [7, 11) is 1.77. The van der Waals surface area contributed by atoms with E-state index in [1.807, 2.05) is 40.2 Å². The number of fused-ring (bicyclic) bond motifs is 1. The Morgan fingerprint density at radius 2 is 2.17 bits per heavy atom. The van der Waals surface area contributed by atoms with Gasteiger partial charge in [0.15, 0.2) is 10.1 Å². The molecule has 0 aliphatic carbocycles. The zero-order valence-electron chi connectivity index (χ0n) is 12.2. The lowest BCUT2D eigenvalue weighted by Gasteiger charge is -2.15. The van der Waals surface area contributed by atoms with E-state index in [2.05, 4.69) is 20.9 Å². The SMILES string of the molecule is CN(Cc1ccc(Br)cc1)C(=O)/C=C/c1c(Cl)nc2sccn12. The van der Waals surface area contributed by atoms with Crippen molar-refractivity contribution < 1.29 is 4.79 Å². The molecule has 0 bridgehead atoms. The molecule has 0 saturated carbocycles. The number of benzene rings is 1. The summed E-state index contributed by atoms with van der Waals surface area (Å²) in [5, 5.41) is 2.33. The van der Waals surface area contributed by atoms with Gasteiger partial charge in [-0.25, -0.2) is 4.98 Å². The number of aromatic nitrogens is 2. The number of nitrogens with zero attached hydrogens (tertiary/aromatic N) is 3. The summed E-state index contributed by atoms with van der Waals surface area (Å²) in [4.78, 5) is 19.0. The molecule has 0 aliphatic heterocycles. The smallest absolute Gasteiger partial charge is 0.246 e. The summed E-state index contributed by atoms with van der Waals surface area (Å²) >= 11 is 11.0. The van der Waals surface area contributed by atoms with Crippen LogP contribution in [0.3, 0.4) is 0 Å². The van der Waals surface area contributed by atoms with Crippen LogP contribution in [0.5, 0.6) is 0 Å². The highest BCUT2D eigenvalue weighted by molar-refractivity contribution is 9.10. The third-order valence-corrected chi connectivity index (χ3v) is 4.91. The summed E-state index contributed by atoms with van der Waals surface area (Å²) in [6.07, 6.45) is 5.11. The Hall–Kier alpha value is -1.63. The molecule has 1 amide bonds. The Balaban J connectivity index is 1.71. The maximum Gasteiger partial charge on any atom is 0.246 e. The van der Waals surface area contributed by atoms with Gasteiger partial charge < -0.3 is 4.90 Å². The van der Waals surface area contributed by atoms with Crippen molar-refractivity contribution in [3.63, 3.8) is 0 Å². The quantitative estimate of drug-likeness (QED) is 0.595. The normalized spacial score (nSPS) is 11.4. The third kappa shape index (κ3) is 3.65. The van der Waals surface area contributed by atoms with Crippen LogP contribution in [0.2, 0.25) is 5.15 Å². The molecule has 4 nitrogen and oxygen atoms in total. The summed E-state index contributed by atoms with van der Waals surface area (Å²) in [5.74, 6) is -0.0887. The predicted octanol–water partition coefficient (Wildman–Crippen LogP) is 4.48. The topological polar surface area (TPSA) is 37.6 Å². The molecule has 118 valence electrons. The molecule has 0 atom stereocenters. The summed E-state index contributed by atoms with van der Waals surface area (Å²) in [6.45, 7) is 0.546. The van der Waals surface area contributed by atoms with Crippen molar-refractivity contribution in [3.8, 4) is 0 Å². The van der Waals surface area contributed by atoms with Crippen LogP contribution >= 0.6 is 38.9 Å². The average molecular weight is 411 g/mol. The van der Waals surface area contributed by atoms with Gasteiger partial charge in [0.2, 0.25) is 5.91 Å². The lowest BCUT2D eigenvalue weighted by Crippen LogP contribution is -2.24. The van der Waals surface area contributed by atoms with E-state index in [4.69, 9.17) is 11.6 Å². The predicted molar refractivity (Wildman–Crippen MR) is 97.7 cm³/mol. The van der Waals surface area contributed by atoms with E-state index in [1.165, 1.54) is 17.4 Å². The van der Waals surface area contributed by atoms with E-state index in [-0.39, 0.29) is 5.91 Å². The molecule has 0 saturated heterocycles. The van der Waals surface area contributed by atoms with E-state index >= 15 is 0 Å². The van der Waals surface area contributed by atoms with Crippen LogP contribution in [0.25, 0.3) is 11.0 Å². The number of imidazole rings is 1. The number of carbonyl (C=O) groups is 1. The molecule has 23 heavy (non-hydrogen) atoms.